The van der Waals surface area contributed by atoms with Crippen LogP contribution >= 0.6 is 11.6 Å². The number of para-hydroxylation sites is 1. The fourth-order valence-electron chi connectivity index (χ4n) is 3.64. The van der Waals surface area contributed by atoms with E-state index in [2.05, 4.69) is 24.0 Å². The largest absolute Gasteiger partial charge is 0.494 e. The van der Waals surface area contributed by atoms with E-state index in [1.807, 2.05) is 29.2 Å². The van der Waals surface area contributed by atoms with Gasteiger partial charge in [-0.1, -0.05) is 35.9 Å². The van der Waals surface area contributed by atoms with Gasteiger partial charge in [-0.25, -0.2) is 4.98 Å². The number of fused-ring (bicyclic) bond motifs is 1. The summed E-state index contributed by atoms with van der Waals surface area (Å²) in [6, 6.07) is 15.3. The summed E-state index contributed by atoms with van der Waals surface area (Å²) in [6.07, 6.45) is 0. The number of anilines is 1. The van der Waals surface area contributed by atoms with Gasteiger partial charge in [-0.05, 0) is 36.8 Å². The van der Waals surface area contributed by atoms with Crippen LogP contribution < -0.4 is 9.64 Å². The van der Waals surface area contributed by atoms with Crippen molar-refractivity contribution in [1.29, 1.82) is 0 Å². The Morgan fingerprint density at radius 2 is 1.82 bits per heavy atom. The van der Waals surface area contributed by atoms with E-state index in [1.165, 1.54) is 0 Å². The van der Waals surface area contributed by atoms with E-state index in [9.17, 15) is 4.79 Å². The van der Waals surface area contributed by atoms with Gasteiger partial charge in [0.1, 0.15) is 17.1 Å². The first-order valence-corrected chi connectivity index (χ1v) is 9.69. The molecule has 1 amide bonds. The summed E-state index contributed by atoms with van der Waals surface area (Å²) < 4.78 is 5.49. The van der Waals surface area contributed by atoms with Crippen molar-refractivity contribution in [2.75, 3.05) is 38.2 Å². The number of piperazine rings is 1. The predicted molar refractivity (Wildman–Crippen MR) is 113 cm³/mol. The number of aromatic nitrogens is 1. The zero-order chi connectivity index (χ0) is 19.7. The van der Waals surface area contributed by atoms with Crippen LogP contribution in [0.1, 0.15) is 15.9 Å². The number of nitrogens with zero attached hydrogens (tertiary/aromatic N) is 3. The van der Waals surface area contributed by atoms with E-state index in [1.54, 1.807) is 19.2 Å². The van der Waals surface area contributed by atoms with Gasteiger partial charge in [0.05, 0.1) is 17.7 Å². The molecular weight excluding hydrogens is 374 g/mol. The maximum Gasteiger partial charge on any atom is 0.255 e. The van der Waals surface area contributed by atoms with Crippen LogP contribution in [0.25, 0.3) is 10.9 Å². The monoisotopic (exact) mass is 395 g/mol. The molecular formula is C22H22ClN3O2. The highest BCUT2D eigenvalue weighted by Gasteiger charge is 2.24. The van der Waals surface area contributed by atoms with E-state index >= 15 is 0 Å². The Balaban J connectivity index is 1.54. The molecule has 0 atom stereocenters. The van der Waals surface area contributed by atoms with E-state index in [-0.39, 0.29) is 5.91 Å². The van der Waals surface area contributed by atoms with Gasteiger partial charge in [-0.3, -0.25) is 4.79 Å². The van der Waals surface area contributed by atoms with Crippen molar-refractivity contribution >= 4 is 34.2 Å². The molecule has 1 aliphatic heterocycles. The zero-order valence-electron chi connectivity index (χ0n) is 16.0. The Labute approximate surface area is 169 Å². The molecule has 0 saturated carbocycles. The SMILES string of the molecule is COc1cccc2c(C)cc(N3CCN(C(=O)c4ccccc4Cl)CC3)nc12. The summed E-state index contributed by atoms with van der Waals surface area (Å²) in [5.41, 5.74) is 2.59. The number of pyridine rings is 1. The number of carbonyl (C=O) groups excluding carboxylic acids is 1. The molecule has 0 bridgehead atoms. The molecule has 6 heteroatoms. The minimum Gasteiger partial charge on any atom is -0.494 e. The smallest absolute Gasteiger partial charge is 0.255 e. The third kappa shape index (κ3) is 3.38. The number of benzene rings is 2. The first-order chi connectivity index (χ1) is 13.6. The number of amides is 1. The Hall–Kier alpha value is -2.79. The van der Waals surface area contributed by atoms with Crippen LogP contribution in [0.3, 0.4) is 0 Å². The first-order valence-electron chi connectivity index (χ1n) is 9.31. The predicted octanol–water partition coefficient (Wildman–Crippen LogP) is 4.17. The maximum atomic E-state index is 12.8. The summed E-state index contributed by atoms with van der Waals surface area (Å²) in [5.74, 6) is 1.67. The summed E-state index contributed by atoms with van der Waals surface area (Å²) in [4.78, 5) is 21.7. The van der Waals surface area contributed by atoms with Crippen LogP contribution in [0.4, 0.5) is 5.82 Å². The zero-order valence-corrected chi connectivity index (χ0v) is 16.7. The van der Waals surface area contributed by atoms with Crippen molar-refractivity contribution in [2.45, 2.75) is 6.92 Å². The van der Waals surface area contributed by atoms with Gasteiger partial charge in [0.2, 0.25) is 0 Å². The van der Waals surface area contributed by atoms with E-state index in [0.29, 0.717) is 23.7 Å². The number of hydrogen-bond donors (Lipinski definition) is 0. The van der Waals surface area contributed by atoms with E-state index in [0.717, 1.165) is 41.1 Å². The summed E-state index contributed by atoms with van der Waals surface area (Å²) in [5, 5.41) is 1.59. The number of aryl methyl sites for hydroxylation is 1. The lowest BCUT2D eigenvalue weighted by Crippen LogP contribution is -2.49. The Morgan fingerprint density at radius 3 is 2.54 bits per heavy atom. The Bertz CT molecular complexity index is 1030. The average molecular weight is 396 g/mol. The molecule has 28 heavy (non-hydrogen) atoms. The normalized spacial score (nSPS) is 14.4. The molecule has 2 heterocycles. The van der Waals surface area contributed by atoms with E-state index in [4.69, 9.17) is 21.3 Å². The Morgan fingerprint density at radius 1 is 1.07 bits per heavy atom. The third-order valence-corrected chi connectivity index (χ3v) is 5.54. The molecule has 1 saturated heterocycles. The molecule has 0 spiro atoms. The lowest BCUT2D eigenvalue weighted by Gasteiger charge is -2.35. The third-order valence-electron chi connectivity index (χ3n) is 5.21. The van der Waals surface area contributed by atoms with Gasteiger partial charge < -0.3 is 14.5 Å². The number of rotatable bonds is 3. The first kappa shape index (κ1) is 18.6. The summed E-state index contributed by atoms with van der Waals surface area (Å²) >= 11 is 6.18. The van der Waals surface area contributed by atoms with Crippen LogP contribution in [0.2, 0.25) is 5.02 Å². The van der Waals surface area contributed by atoms with Gasteiger partial charge in [0.15, 0.2) is 0 Å². The summed E-state index contributed by atoms with van der Waals surface area (Å²) in [6.45, 7) is 4.81. The quantitative estimate of drug-likeness (QED) is 0.667. The van der Waals surface area contributed by atoms with Crippen LogP contribution in [-0.2, 0) is 0 Å². The highest BCUT2D eigenvalue weighted by Crippen LogP contribution is 2.29. The number of carbonyl (C=O) groups is 1. The van der Waals surface area contributed by atoms with Gasteiger partial charge >= 0.3 is 0 Å². The minimum absolute atomic E-state index is 0.0189. The maximum absolute atomic E-state index is 12.8. The molecule has 144 valence electrons. The molecule has 4 rings (SSSR count). The molecule has 0 aliphatic carbocycles. The van der Waals surface area contributed by atoms with Crippen molar-refractivity contribution in [3.8, 4) is 5.75 Å². The molecule has 0 unspecified atom stereocenters. The fraction of sp³-hybridized carbons (Fsp3) is 0.273. The number of ether oxygens (including phenoxy) is 1. The van der Waals surface area contributed by atoms with Crippen LogP contribution in [-0.4, -0.2) is 49.1 Å². The molecule has 1 aromatic heterocycles. The van der Waals surface area contributed by atoms with Crippen LogP contribution in [0.5, 0.6) is 5.75 Å². The Kier molecular flexibility index (Phi) is 5.09. The molecule has 0 N–H and O–H groups in total. The highest BCUT2D eigenvalue weighted by atomic mass is 35.5. The van der Waals surface area contributed by atoms with Crippen molar-refractivity contribution in [2.24, 2.45) is 0 Å². The molecule has 1 fully saturated rings. The fourth-order valence-corrected chi connectivity index (χ4v) is 3.86. The lowest BCUT2D eigenvalue weighted by molar-refractivity contribution is 0.0746. The highest BCUT2D eigenvalue weighted by molar-refractivity contribution is 6.33. The second-order valence-corrected chi connectivity index (χ2v) is 7.32. The van der Waals surface area contributed by atoms with Crippen molar-refractivity contribution < 1.29 is 9.53 Å². The number of halogens is 1. The topological polar surface area (TPSA) is 45.7 Å². The molecule has 0 radical (unpaired) electrons. The molecule has 1 aliphatic rings. The van der Waals surface area contributed by atoms with Gasteiger partial charge in [-0.2, -0.15) is 0 Å². The van der Waals surface area contributed by atoms with Gasteiger partial charge in [-0.15, -0.1) is 0 Å². The lowest BCUT2D eigenvalue weighted by atomic mass is 10.1. The van der Waals surface area contributed by atoms with Crippen LogP contribution in [0.15, 0.2) is 48.5 Å². The van der Waals surface area contributed by atoms with Gasteiger partial charge in [0, 0.05) is 31.6 Å². The number of methoxy groups -OCH3 is 1. The van der Waals surface area contributed by atoms with Gasteiger partial charge in [0.25, 0.3) is 5.91 Å². The molecule has 3 aromatic rings. The molecule has 2 aromatic carbocycles. The second kappa shape index (κ2) is 7.68. The average Bonchev–Trinajstić information content (AvgIpc) is 2.73. The summed E-state index contributed by atoms with van der Waals surface area (Å²) in [7, 11) is 1.66. The van der Waals surface area contributed by atoms with Crippen molar-refractivity contribution in [3.63, 3.8) is 0 Å². The standard InChI is InChI=1S/C22H22ClN3O2/c1-15-14-20(24-21-16(15)7-5-9-19(21)28-2)25-10-12-26(13-11-25)22(27)17-6-3-4-8-18(17)23/h3-9,14H,10-13H2,1-2H3. The second-order valence-electron chi connectivity index (χ2n) is 6.91. The molecule has 5 nitrogen and oxygen atoms in total. The van der Waals surface area contributed by atoms with Crippen molar-refractivity contribution in [1.82, 2.24) is 9.88 Å². The minimum atomic E-state index is -0.0189. The van der Waals surface area contributed by atoms with Crippen LogP contribution in [0, 0.1) is 6.92 Å². The number of hydrogen-bond acceptors (Lipinski definition) is 4. The van der Waals surface area contributed by atoms with Crippen molar-refractivity contribution in [3.05, 3.63) is 64.7 Å². The van der Waals surface area contributed by atoms with E-state index < -0.39 is 0 Å².